The lowest BCUT2D eigenvalue weighted by molar-refractivity contribution is 0.367. The highest BCUT2D eigenvalue weighted by Crippen LogP contribution is 2.46. The molecule has 0 saturated heterocycles. The number of methoxy groups -OCH3 is 1. The zero-order chi connectivity index (χ0) is 22.4. The van der Waals surface area contributed by atoms with E-state index in [1.807, 2.05) is 61.5 Å². The molecular weight excluding hydrogens is 426 g/mol. The van der Waals surface area contributed by atoms with E-state index >= 15 is 0 Å². The second kappa shape index (κ2) is 7.59. The van der Waals surface area contributed by atoms with Gasteiger partial charge in [-0.25, -0.2) is 9.67 Å². The van der Waals surface area contributed by atoms with Crippen LogP contribution in [-0.4, -0.2) is 21.9 Å². The van der Waals surface area contributed by atoms with E-state index in [0.717, 1.165) is 16.6 Å². The first-order valence-electron chi connectivity index (χ1n) is 9.88. The molecule has 0 unspecified atom stereocenters. The Morgan fingerprint density at radius 3 is 2.69 bits per heavy atom. The van der Waals surface area contributed by atoms with Crippen molar-refractivity contribution in [2.24, 2.45) is 5.73 Å². The van der Waals surface area contributed by atoms with E-state index < -0.39 is 5.92 Å². The molecule has 1 aliphatic rings. The van der Waals surface area contributed by atoms with Crippen molar-refractivity contribution in [2.45, 2.75) is 12.8 Å². The molecule has 0 aliphatic carbocycles. The van der Waals surface area contributed by atoms with Crippen LogP contribution in [0.25, 0.3) is 16.6 Å². The average Bonchev–Trinajstić information content (AvgIpc) is 3.13. The number of rotatable bonds is 3. The largest absolute Gasteiger partial charge is 0.497 e. The normalized spacial score (nSPS) is 15.2. The third-order valence-electron chi connectivity index (χ3n) is 5.55. The summed E-state index contributed by atoms with van der Waals surface area (Å²) >= 11 is 6.65. The van der Waals surface area contributed by atoms with Gasteiger partial charge in [0, 0.05) is 17.0 Å². The molecule has 1 atom stereocenters. The first-order valence-corrected chi connectivity index (χ1v) is 10.3. The molecule has 3 heterocycles. The van der Waals surface area contributed by atoms with Gasteiger partial charge in [0.25, 0.3) is 0 Å². The van der Waals surface area contributed by atoms with E-state index in [1.54, 1.807) is 11.8 Å². The molecule has 0 radical (unpaired) electrons. The number of para-hydroxylation sites is 1. The van der Waals surface area contributed by atoms with Gasteiger partial charge >= 0.3 is 0 Å². The van der Waals surface area contributed by atoms with Crippen LogP contribution in [-0.2, 0) is 0 Å². The number of benzene rings is 2. The SMILES string of the molecule is COc1ccc2cc([C@@H]3C(C#N)=C(N)Oc4c3c(C)nn4-c3ccccc3)c(Cl)nc2c1. The van der Waals surface area contributed by atoms with E-state index in [-0.39, 0.29) is 16.6 Å². The van der Waals surface area contributed by atoms with Crippen LogP contribution in [0.5, 0.6) is 11.6 Å². The van der Waals surface area contributed by atoms with Crippen LogP contribution in [0, 0.1) is 18.3 Å². The number of halogens is 1. The van der Waals surface area contributed by atoms with Gasteiger partial charge in [-0.15, -0.1) is 0 Å². The lowest BCUT2D eigenvalue weighted by Crippen LogP contribution is -2.22. The lowest BCUT2D eigenvalue weighted by Gasteiger charge is -2.25. The van der Waals surface area contributed by atoms with Gasteiger partial charge in [-0.05, 0) is 37.3 Å². The molecular formula is C24H18ClN5O2. The summed E-state index contributed by atoms with van der Waals surface area (Å²) in [5, 5.41) is 15.7. The number of ether oxygens (including phenoxy) is 2. The summed E-state index contributed by atoms with van der Waals surface area (Å²) in [4.78, 5) is 4.57. The molecule has 0 bridgehead atoms. The Kier molecular flexibility index (Phi) is 4.72. The minimum atomic E-state index is -0.562. The van der Waals surface area contributed by atoms with E-state index in [4.69, 9.17) is 26.8 Å². The number of nitriles is 1. The maximum Gasteiger partial charge on any atom is 0.229 e. The van der Waals surface area contributed by atoms with Crippen LogP contribution in [0.1, 0.15) is 22.7 Å². The van der Waals surface area contributed by atoms with Gasteiger partial charge in [-0.2, -0.15) is 10.4 Å². The van der Waals surface area contributed by atoms with Crippen LogP contribution in [0.4, 0.5) is 0 Å². The number of fused-ring (bicyclic) bond motifs is 2. The van der Waals surface area contributed by atoms with Crippen molar-refractivity contribution in [2.75, 3.05) is 7.11 Å². The minimum absolute atomic E-state index is 0.0213. The fourth-order valence-electron chi connectivity index (χ4n) is 4.04. The number of nitrogens with zero attached hydrogens (tertiary/aromatic N) is 4. The fourth-order valence-corrected chi connectivity index (χ4v) is 4.29. The molecule has 2 aromatic carbocycles. The van der Waals surface area contributed by atoms with Crippen LogP contribution in [0.3, 0.4) is 0 Å². The van der Waals surface area contributed by atoms with Gasteiger partial charge < -0.3 is 15.2 Å². The summed E-state index contributed by atoms with van der Waals surface area (Å²) in [5.41, 5.74) is 10.1. The zero-order valence-electron chi connectivity index (χ0n) is 17.3. The Hall–Kier alpha value is -4.02. The summed E-state index contributed by atoms with van der Waals surface area (Å²) in [6, 6.07) is 19.3. The summed E-state index contributed by atoms with van der Waals surface area (Å²) in [7, 11) is 1.60. The molecule has 4 aromatic rings. The van der Waals surface area contributed by atoms with Crippen LogP contribution < -0.4 is 15.2 Å². The van der Waals surface area contributed by atoms with Gasteiger partial charge in [0.1, 0.15) is 22.5 Å². The highest BCUT2D eigenvalue weighted by atomic mass is 35.5. The maximum atomic E-state index is 9.93. The Labute approximate surface area is 189 Å². The van der Waals surface area contributed by atoms with E-state index in [9.17, 15) is 5.26 Å². The van der Waals surface area contributed by atoms with Crippen molar-refractivity contribution in [3.63, 3.8) is 0 Å². The molecule has 2 aromatic heterocycles. The van der Waals surface area contributed by atoms with E-state index in [1.165, 1.54) is 0 Å². The molecule has 0 spiro atoms. The molecule has 0 amide bonds. The summed E-state index contributed by atoms with van der Waals surface area (Å²) in [6.45, 7) is 1.87. The van der Waals surface area contributed by atoms with Crippen LogP contribution in [0.15, 0.2) is 66.1 Å². The number of aromatic nitrogens is 3. The summed E-state index contributed by atoms with van der Waals surface area (Å²) < 4.78 is 12.9. The predicted octanol–water partition coefficient (Wildman–Crippen LogP) is 4.61. The zero-order valence-corrected chi connectivity index (χ0v) is 18.1. The molecule has 7 nitrogen and oxygen atoms in total. The minimum Gasteiger partial charge on any atom is -0.497 e. The number of nitrogens with two attached hydrogens (primary N) is 1. The number of hydrogen-bond acceptors (Lipinski definition) is 6. The van der Waals surface area contributed by atoms with Gasteiger partial charge in [-0.3, -0.25) is 0 Å². The molecule has 5 rings (SSSR count). The average molecular weight is 444 g/mol. The van der Waals surface area contributed by atoms with Crippen molar-refractivity contribution < 1.29 is 9.47 Å². The predicted molar refractivity (Wildman–Crippen MR) is 121 cm³/mol. The highest BCUT2D eigenvalue weighted by Gasteiger charge is 2.37. The third kappa shape index (κ3) is 3.04. The third-order valence-corrected chi connectivity index (χ3v) is 5.85. The van der Waals surface area contributed by atoms with Crippen molar-refractivity contribution in [3.8, 4) is 23.4 Å². The first-order chi connectivity index (χ1) is 15.5. The second-order valence-corrected chi connectivity index (χ2v) is 7.76. The Morgan fingerprint density at radius 1 is 1.19 bits per heavy atom. The highest BCUT2D eigenvalue weighted by molar-refractivity contribution is 6.30. The molecule has 8 heteroatoms. The number of aryl methyl sites for hydroxylation is 1. The van der Waals surface area contributed by atoms with Gasteiger partial charge in [0.15, 0.2) is 0 Å². The Balaban J connectivity index is 1.75. The Morgan fingerprint density at radius 2 is 1.97 bits per heavy atom. The van der Waals surface area contributed by atoms with Gasteiger partial charge in [-0.1, -0.05) is 29.8 Å². The smallest absolute Gasteiger partial charge is 0.229 e. The molecule has 1 aliphatic heterocycles. The number of allylic oxidation sites excluding steroid dienone is 1. The van der Waals surface area contributed by atoms with Gasteiger partial charge in [0.2, 0.25) is 11.8 Å². The maximum absolute atomic E-state index is 9.93. The molecule has 0 fully saturated rings. The summed E-state index contributed by atoms with van der Waals surface area (Å²) in [6.07, 6.45) is 0. The van der Waals surface area contributed by atoms with Crippen molar-refractivity contribution in [1.82, 2.24) is 14.8 Å². The van der Waals surface area contributed by atoms with E-state index in [0.29, 0.717) is 28.4 Å². The molecule has 32 heavy (non-hydrogen) atoms. The van der Waals surface area contributed by atoms with Crippen molar-refractivity contribution >= 4 is 22.5 Å². The summed E-state index contributed by atoms with van der Waals surface area (Å²) in [5.74, 6) is 0.603. The van der Waals surface area contributed by atoms with Crippen LogP contribution in [0.2, 0.25) is 5.15 Å². The quantitative estimate of drug-likeness (QED) is 0.464. The lowest BCUT2D eigenvalue weighted by atomic mass is 9.84. The monoisotopic (exact) mass is 443 g/mol. The number of pyridine rings is 1. The van der Waals surface area contributed by atoms with Crippen LogP contribution >= 0.6 is 11.6 Å². The number of hydrogen-bond donors (Lipinski definition) is 1. The van der Waals surface area contributed by atoms with Crippen molar-refractivity contribution in [3.05, 3.63) is 88.0 Å². The van der Waals surface area contributed by atoms with E-state index in [2.05, 4.69) is 16.2 Å². The van der Waals surface area contributed by atoms with Gasteiger partial charge in [0.05, 0.1) is 35.5 Å². The first kappa shape index (κ1) is 19.9. The molecule has 0 saturated carbocycles. The molecule has 2 N–H and O–H groups in total. The fraction of sp³-hybridized carbons (Fsp3) is 0.125. The second-order valence-electron chi connectivity index (χ2n) is 7.40. The molecule has 158 valence electrons. The van der Waals surface area contributed by atoms with Crippen molar-refractivity contribution in [1.29, 1.82) is 5.26 Å². The Bertz CT molecular complexity index is 1440. The topological polar surface area (TPSA) is 99.0 Å². The standard InChI is InChI=1S/C24H18ClN5O2/c1-13-20-21(17-10-14-8-9-16(31-2)11-19(14)28-22(17)25)18(12-26)23(27)32-24(20)30(29-13)15-6-4-3-5-7-15/h3-11,21H,27H2,1-2H3/t21-/m1/s1.